The van der Waals surface area contributed by atoms with Crippen molar-refractivity contribution in [1.29, 1.82) is 0 Å². The van der Waals surface area contributed by atoms with E-state index in [1.807, 2.05) is 0 Å². The highest BCUT2D eigenvalue weighted by atomic mass is 35.5. The molecule has 23 heavy (non-hydrogen) atoms. The molecule has 3 rings (SSSR count). The molecule has 0 atom stereocenters. The first-order valence-electron chi connectivity index (χ1n) is 6.38. The summed E-state index contributed by atoms with van der Waals surface area (Å²) in [6.07, 6.45) is 1.24. The number of carbonyl (C=O) groups is 1. The number of hydrogen-bond donors (Lipinski definition) is 1. The van der Waals surface area contributed by atoms with Gasteiger partial charge in [-0.1, -0.05) is 23.2 Å². The van der Waals surface area contributed by atoms with Gasteiger partial charge in [-0.25, -0.2) is 0 Å². The van der Waals surface area contributed by atoms with Crippen molar-refractivity contribution in [2.24, 2.45) is 0 Å². The topological polar surface area (TPSA) is 85.4 Å². The fourth-order valence-electron chi connectivity index (χ4n) is 2.09. The zero-order valence-electron chi connectivity index (χ0n) is 11.4. The number of nitro benzene ring substituents is 1. The van der Waals surface area contributed by atoms with Crippen molar-refractivity contribution in [3.63, 3.8) is 0 Å². The first-order valence-corrected chi connectivity index (χ1v) is 7.13. The lowest BCUT2D eigenvalue weighted by atomic mass is 10.1. The highest BCUT2D eigenvalue weighted by Gasteiger charge is 2.18. The third kappa shape index (κ3) is 2.99. The fraction of sp³-hybridized carbons (Fsp3) is 0. The van der Waals surface area contributed by atoms with E-state index in [4.69, 9.17) is 27.6 Å². The molecule has 0 aliphatic rings. The second-order valence-electron chi connectivity index (χ2n) is 4.67. The Morgan fingerprint density at radius 2 is 1.96 bits per heavy atom. The number of anilines is 1. The Morgan fingerprint density at radius 1 is 1.17 bits per heavy atom. The quantitative estimate of drug-likeness (QED) is 0.537. The Kier molecular flexibility index (Phi) is 3.94. The molecule has 0 unspecified atom stereocenters. The fourth-order valence-corrected chi connectivity index (χ4v) is 2.54. The van der Waals surface area contributed by atoms with Crippen LogP contribution < -0.4 is 5.32 Å². The lowest BCUT2D eigenvalue weighted by molar-refractivity contribution is -0.384. The van der Waals surface area contributed by atoms with Gasteiger partial charge in [0.05, 0.1) is 21.2 Å². The number of nitrogens with zero attached hydrogens (tertiary/aromatic N) is 1. The van der Waals surface area contributed by atoms with E-state index in [1.54, 1.807) is 12.1 Å². The van der Waals surface area contributed by atoms with E-state index in [1.165, 1.54) is 30.5 Å². The Bertz CT molecular complexity index is 936. The largest absolute Gasteiger partial charge is 0.463 e. The summed E-state index contributed by atoms with van der Waals surface area (Å²) in [6, 6.07) is 8.69. The van der Waals surface area contributed by atoms with Gasteiger partial charge in [0.15, 0.2) is 0 Å². The highest BCUT2D eigenvalue weighted by molar-refractivity contribution is 6.37. The van der Waals surface area contributed by atoms with Crippen LogP contribution in [0, 0.1) is 10.1 Å². The monoisotopic (exact) mass is 350 g/mol. The molecule has 0 spiro atoms. The number of hydrogen-bond acceptors (Lipinski definition) is 4. The van der Waals surface area contributed by atoms with Crippen LogP contribution in [0.4, 0.5) is 11.4 Å². The second-order valence-corrected chi connectivity index (χ2v) is 5.51. The minimum absolute atomic E-state index is 0.127. The third-order valence-electron chi connectivity index (χ3n) is 3.19. The normalized spacial score (nSPS) is 10.7. The molecule has 2 aromatic carbocycles. The molecule has 0 fully saturated rings. The van der Waals surface area contributed by atoms with Crippen LogP contribution in [0.1, 0.15) is 10.4 Å². The maximum Gasteiger partial charge on any atom is 0.270 e. The van der Waals surface area contributed by atoms with Crippen LogP contribution in [0.5, 0.6) is 0 Å². The maximum absolute atomic E-state index is 12.4. The Hall–Kier alpha value is -2.57. The Morgan fingerprint density at radius 3 is 2.65 bits per heavy atom. The standard InChI is InChI=1S/C15H8Cl2N2O4/c16-8-1-3-13(12(17)5-8)18-15(20)11-7-23-14-4-2-9(19(21)22)6-10(11)14/h1-7H,(H,18,20). The van der Waals surface area contributed by atoms with Crippen molar-refractivity contribution >= 4 is 51.5 Å². The van der Waals surface area contributed by atoms with E-state index in [9.17, 15) is 14.9 Å². The third-order valence-corrected chi connectivity index (χ3v) is 3.74. The van der Waals surface area contributed by atoms with Gasteiger partial charge in [0, 0.05) is 22.5 Å². The van der Waals surface area contributed by atoms with Crippen molar-refractivity contribution in [3.8, 4) is 0 Å². The smallest absolute Gasteiger partial charge is 0.270 e. The van der Waals surface area contributed by atoms with Crippen LogP contribution in [0.3, 0.4) is 0 Å². The summed E-state index contributed by atoms with van der Waals surface area (Å²) in [5.41, 5.74) is 0.802. The summed E-state index contributed by atoms with van der Waals surface area (Å²) in [7, 11) is 0. The molecule has 1 heterocycles. The zero-order valence-corrected chi connectivity index (χ0v) is 12.9. The van der Waals surface area contributed by atoms with Gasteiger partial charge in [0.25, 0.3) is 11.6 Å². The number of carbonyl (C=O) groups excluding carboxylic acids is 1. The van der Waals surface area contributed by atoms with Crippen molar-refractivity contribution in [2.45, 2.75) is 0 Å². The molecule has 0 bridgehead atoms. The number of fused-ring (bicyclic) bond motifs is 1. The van der Waals surface area contributed by atoms with Gasteiger partial charge in [0.1, 0.15) is 11.8 Å². The molecule has 8 heteroatoms. The second kappa shape index (κ2) is 5.91. The Balaban J connectivity index is 1.97. The van der Waals surface area contributed by atoms with Gasteiger partial charge >= 0.3 is 0 Å². The number of benzene rings is 2. The molecule has 1 aromatic heterocycles. The molecule has 6 nitrogen and oxygen atoms in total. The lowest BCUT2D eigenvalue weighted by Crippen LogP contribution is -2.11. The summed E-state index contributed by atoms with van der Waals surface area (Å²) < 4.78 is 5.25. The van der Waals surface area contributed by atoms with Gasteiger partial charge in [-0.15, -0.1) is 0 Å². The number of rotatable bonds is 3. The predicted molar refractivity (Wildman–Crippen MR) is 87.3 cm³/mol. The molecule has 1 amide bonds. The summed E-state index contributed by atoms with van der Waals surface area (Å²) in [6.45, 7) is 0. The lowest BCUT2D eigenvalue weighted by Gasteiger charge is -2.06. The van der Waals surface area contributed by atoms with Gasteiger partial charge in [-0.3, -0.25) is 14.9 Å². The molecule has 0 saturated heterocycles. The zero-order chi connectivity index (χ0) is 16.6. The number of amides is 1. The van der Waals surface area contributed by atoms with Crippen LogP contribution in [-0.2, 0) is 0 Å². The van der Waals surface area contributed by atoms with E-state index in [-0.39, 0.29) is 16.3 Å². The summed E-state index contributed by atoms with van der Waals surface area (Å²) >= 11 is 11.8. The Labute approximate surface area is 139 Å². The summed E-state index contributed by atoms with van der Waals surface area (Å²) in [5, 5.41) is 14.6. The highest BCUT2D eigenvalue weighted by Crippen LogP contribution is 2.29. The molecule has 116 valence electrons. The van der Waals surface area contributed by atoms with Crippen LogP contribution in [0.15, 0.2) is 47.1 Å². The van der Waals surface area contributed by atoms with E-state index in [0.717, 1.165) is 0 Å². The molecule has 0 aliphatic carbocycles. The van der Waals surface area contributed by atoms with Gasteiger partial charge in [-0.05, 0) is 24.3 Å². The van der Waals surface area contributed by atoms with Crippen molar-refractivity contribution in [1.82, 2.24) is 0 Å². The average molecular weight is 351 g/mol. The first kappa shape index (κ1) is 15.3. The van der Waals surface area contributed by atoms with Crippen molar-refractivity contribution in [2.75, 3.05) is 5.32 Å². The van der Waals surface area contributed by atoms with Crippen LogP contribution >= 0.6 is 23.2 Å². The maximum atomic E-state index is 12.4. The first-order chi connectivity index (χ1) is 11.0. The van der Waals surface area contributed by atoms with E-state index in [0.29, 0.717) is 21.7 Å². The van der Waals surface area contributed by atoms with Crippen molar-refractivity contribution < 1.29 is 14.1 Å². The van der Waals surface area contributed by atoms with Gasteiger partial charge < -0.3 is 9.73 Å². The number of halogens is 2. The summed E-state index contributed by atoms with van der Waals surface area (Å²) in [5.74, 6) is -0.492. The van der Waals surface area contributed by atoms with Crippen molar-refractivity contribution in [3.05, 3.63) is 68.4 Å². The van der Waals surface area contributed by atoms with Gasteiger partial charge in [0.2, 0.25) is 0 Å². The molecule has 1 N–H and O–H groups in total. The average Bonchev–Trinajstić information content (AvgIpc) is 2.93. The van der Waals surface area contributed by atoms with E-state index >= 15 is 0 Å². The minimum atomic E-state index is -0.538. The van der Waals surface area contributed by atoms with E-state index in [2.05, 4.69) is 5.32 Å². The number of non-ortho nitro benzene ring substituents is 1. The van der Waals surface area contributed by atoms with Crippen LogP contribution in [0.2, 0.25) is 10.0 Å². The molecule has 3 aromatic rings. The molecule has 0 saturated carbocycles. The SMILES string of the molecule is O=C(Nc1ccc(Cl)cc1Cl)c1coc2ccc([N+](=O)[O-])cc12. The number of nitro groups is 1. The van der Waals surface area contributed by atoms with E-state index < -0.39 is 10.8 Å². The number of furan rings is 1. The molecular formula is C15H8Cl2N2O4. The molecule has 0 radical (unpaired) electrons. The predicted octanol–water partition coefficient (Wildman–Crippen LogP) is 4.90. The number of nitrogens with one attached hydrogen (secondary N) is 1. The molecular weight excluding hydrogens is 343 g/mol. The minimum Gasteiger partial charge on any atom is -0.463 e. The summed E-state index contributed by atoms with van der Waals surface area (Å²) in [4.78, 5) is 22.7. The van der Waals surface area contributed by atoms with Crippen LogP contribution in [0.25, 0.3) is 11.0 Å². The van der Waals surface area contributed by atoms with Gasteiger partial charge in [-0.2, -0.15) is 0 Å². The molecule has 0 aliphatic heterocycles. The van der Waals surface area contributed by atoms with Crippen LogP contribution in [-0.4, -0.2) is 10.8 Å².